The van der Waals surface area contributed by atoms with Crippen molar-refractivity contribution in [3.05, 3.63) is 24.4 Å². The largest absolute Gasteiger partial charge is 0.378 e. The van der Waals surface area contributed by atoms with Gasteiger partial charge in [-0.2, -0.15) is 4.98 Å². The molecule has 2 aliphatic rings. The Morgan fingerprint density at radius 3 is 2.81 bits per heavy atom. The molecule has 2 N–H and O–H groups in total. The summed E-state index contributed by atoms with van der Waals surface area (Å²) in [6, 6.07) is 1.83. The van der Waals surface area contributed by atoms with Crippen LogP contribution in [0.25, 0.3) is 11.4 Å². The van der Waals surface area contributed by atoms with Crippen LogP contribution in [0.2, 0.25) is 0 Å². The molecule has 140 valence electrons. The van der Waals surface area contributed by atoms with Crippen LogP contribution in [0, 0.1) is 0 Å². The van der Waals surface area contributed by atoms with Gasteiger partial charge in [0.2, 0.25) is 21.7 Å². The van der Waals surface area contributed by atoms with Crippen molar-refractivity contribution in [3.63, 3.8) is 0 Å². The Labute approximate surface area is 151 Å². The summed E-state index contributed by atoms with van der Waals surface area (Å²) in [6.07, 6.45) is 7.52. The highest BCUT2D eigenvalue weighted by molar-refractivity contribution is 7.89. The van der Waals surface area contributed by atoms with Gasteiger partial charge in [-0.25, -0.2) is 13.6 Å². The van der Waals surface area contributed by atoms with Gasteiger partial charge in [0.1, 0.15) is 10.9 Å². The van der Waals surface area contributed by atoms with E-state index in [0.717, 1.165) is 6.54 Å². The van der Waals surface area contributed by atoms with Crippen LogP contribution >= 0.6 is 0 Å². The molecule has 0 radical (unpaired) electrons. The third-order valence-electron chi connectivity index (χ3n) is 4.99. The van der Waals surface area contributed by atoms with E-state index in [1.807, 2.05) is 0 Å². The SMILES string of the molecule is NS(=O)(=O)c1cncc(-c2noc(C3COCCN3C3CCCC3)n2)c1. The van der Waals surface area contributed by atoms with Crippen LogP contribution in [0.4, 0.5) is 0 Å². The van der Waals surface area contributed by atoms with Crippen LogP contribution in [-0.4, -0.2) is 54.2 Å². The van der Waals surface area contributed by atoms with E-state index in [4.69, 9.17) is 14.4 Å². The van der Waals surface area contributed by atoms with E-state index in [0.29, 0.717) is 30.7 Å². The highest BCUT2D eigenvalue weighted by atomic mass is 32.2. The normalized spacial score (nSPS) is 22.7. The van der Waals surface area contributed by atoms with Crippen LogP contribution in [0.5, 0.6) is 0 Å². The Morgan fingerprint density at radius 1 is 1.23 bits per heavy atom. The van der Waals surface area contributed by atoms with Crippen molar-refractivity contribution in [3.8, 4) is 11.4 Å². The van der Waals surface area contributed by atoms with Crippen molar-refractivity contribution in [1.82, 2.24) is 20.0 Å². The first-order valence-corrected chi connectivity index (χ1v) is 10.2. The number of hydrogen-bond acceptors (Lipinski definition) is 8. The highest BCUT2D eigenvalue weighted by Crippen LogP contribution is 2.33. The van der Waals surface area contributed by atoms with Crippen LogP contribution in [0.3, 0.4) is 0 Å². The van der Waals surface area contributed by atoms with Gasteiger partial charge in [0.15, 0.2) is 0 Å². The van der Waals surface area contributed by atoms with Gasteiger partial charge in [0.25, 0.3) is 0 Å². The van der Waals surface area contributed by atoms with E-state index in [-0.39, 0.29) is 16.8 Å². The molecule has 1 aliphatic heterocycles. The van der Waals surface area contributed by atoms with Crippen molar-refractivity contribution in [2.45, 2.75) is 42.7 Å². The van der Waals surface area contributed by atoms with Crippen LogP contribution in [0.15, 0.2) is 27.9 Å². The summed E-state index contributed by atoms with van der Waals surface area (Å²) >= 11 is 0. The molecule has 1 unspecified atom stereocenters. The molecule has 0 bridgehead atoms. The molecule has 2 fully saturated rings. The average molecular weight is 379 g/mol. The minimum absolute atomic E-state index is 0.0810. The summed E-state index contributed by atoms with van der Waals surface area (Å²) in [4.78, 5) is 10.7. The monoisotopic (exact) mass is 379 g/mol. The number of ether oxygens (including phenoxy) is 1. The summed E-state index contributed by atoms with van der Waals surface area (Å²) in [7, 11) is -3.84. The Bertz CT molecular complexity index is 878. The predicted octanol–water partition coefficient (Wildman–Crippen LogP) is 1.09. The number of aromatic nitrogens is 3. The Balaban J connectivity index is 1.61. The van der Waals surface area contributed by atoms with Gasteiger partial charge in [-0.15, -0.1) is 0 Å². The number of morpholine rings is 1. The first kappa shape index (κ1) is 17.5. The fourth-order valence-electron chi connectivity index (χ4n) is 3.69. The van der Waals surface area contributed by atoms with Gasteiger partial charge in [0, 0.05) is 30.5 Å². The van der Waals surface area contributed by atoms with Gasteiger partial charge in [0.05, 0.1) is 13.2 Å². The number of nitrogens with two attached hydrogens (primary N) is 1. The summed E-state index contributed by atoms with van der Waals surface area (Å²) in [5, 5.41) is 9.16. The molecule has 0 amide bonds. The third kappa shape index (κ3) is 3.50. The van der Waals surface area contributed by atoms with E-state index in [1.54, 1.807) is 0 Å². The number of nitrogens with zero attached hydrogens (tertiary/aromatic N) is 4. The quantitative estimate of drug-likeness (QED) is 0.837. The van der Waals surface area contributed by atoms with Crippen molar-refractivity contribution in [2.24, 2.45) is 5.14 Å². The number of sulfonamides is 1. The predicted molar refractivity (Wildman–Crippen MR) is 91.4 cm³/mol. The molecule has 0 aromatic carbocycles. The molecule has 1 atom stereocenters. The molecule has 9 nitrogen and oxygen atoms in total. The van der Waals surface area contributed by atoms with E-state index in [9.17, 15) is 8.42 Å². The van der Waals surface area contributed by atoms with Crippen molar-refractivity contribution in [1.29, 1.82) is 0 Å². The molecule has 3 heterocycles. The van der Waals surface area contributed by atoms with Gasteiger partial charge < -0.3 is 9.26 Å². The second-order valence-corrected chi connectivity index (χ2v) is 8.24. The van der Waals surface area contributed by atoms with Gasteiger partial charge in [-0.05, 0) is 18.9 Å². The second-order valence-electron chi connectivity index (χ2n) is 6.68. The van der Waals surface area contributed by atoms with E-state index in [2.05, 4.69) is 20.0 Å². The van der Waals surface area contributed by atoms with Crippen molar-refractivity contribution >= 4 is 10.0 Å². The fourth-order valence-corrected chi connectivity index (χ4v) is 4.19. The van der Waals surface area contributed by atoms with Crippen LogP contribution in [-0.2, 0) is 14.8 Å². The zero-order chi connectivity index (χ0) is 18.1. The maximum absolute atomic E-state index is 11.5. The second kappa shape index (κ2) is 7.03. The lowest BCUT2D eigenvalue weighted by Gasteiger charge is -2.37. The number of hydrogen-bond donors (Lipinski definition) is 1. The van der Waals surface area contributed by atoms with Gasteiger partial charge in [-0.1, -0.05) is 18.0 Å². The molecule has 10 heteroatoms. The Hall–Kier alpha value is -1.88. The molecule has 1 saturated heterocycles. The zero-order valence-electron chi connectivity index (χ0n) is 14.2. The first-order valence-electron chi connectivity index (χ1n) is 8.68. The van der Waals surface area contributed by atoms with E-state index in [1.165, 1.54) is 44.1 Å². The lowest BCUT2D eigenvalue weighted by Crippen LogP contribution is -2.44. The molecule has 26 heavy (non-hydrogen) atoms. The zero-order valence-corrected chi connectivity index (χ0v) is 15.1. The van der Waals surface area contributed by atoms with Gasteiger partial charge >= 0.3 is 0 Å². The lowest BCUT2D eigenvalue weighted by atomic mass is 10.1. The number of rotatable bonds is 4. The van der Waals surface area contributed by atoms with Gasteiger partial charge in [-0.3, -0.25) is 9.88 Å². The topological polar surface area (TPSA) is 124 Å². The molecule has 2 aromatic heterocycles. The standard InChI is InChI=1S/C16H21N5O4S/c17-26(22,23)13-7-11(8-18-9-13)15-19-16(25-20-15)14-10-24-6-5-21(14)12-3-1-2-4-12/h7-9,12,14H,1-6,10H2,(H2,17,22,23). The lowest BCUT2D eigenvalue weighted by molar-refractivity contribution is -0.0397. The molecule has 2 aromatic rings. The average Bonchev–Trinajstić information content (AvgIpc) is 3.33. The molecular formula is C16H21N5O4S. The maximum Gasteiger partial charge on any atom is 0.246 e. The number of pyridine rings is 1. The van der Waals surface area contributed by atoms with Crippen molar-refractivity contribution in [2.75, 3.05) is 19.8 Å². The first-order chi connectivity index (χ1) is 12.5. The molecule has 0 spiro atoms. The highest BCUT2D eigenvalue weighted by Gasteiger charge is 2.35. The van der Waals surface area contributed by atoms with Crippen LogP contribution < -0.4 is 5.14 Å². The molecular weight excluding hydrogens is 358 g/mol. The van der Waals surface area contributed by atoms with E-state index >= 15 is 0 Å². The van der Waals surface area contributed by atoms with Crippen molar-refractivity contribution < 1.29 is 17.7 Å². The Kier molecular flexibility index (Phi) is 4.74. The van der Waals surface area contributed by atoms with Crippen LogP contribution in [0.1, 0.15) is 37.6 Å². The molecule has 4 rings (SSSR count). The Morgan fingerprint density at radius 2 is 2.04 bits per heavy atom. The molecule has 1 aliphatic carbocycles. The summed E-state index contributed by atoms with van der Waals surface area (Å²) < 4.78 is 34.1. The maximum atomic E-state index is 11.5. The molecule has 1 saturated carbocycles. The number of primary sulfonamides is 1. The minimum Gasteiger partial charge on any atom is -0.378 e. The minimum atomic E-state index is -3.84. The van der Waals surface area contributed by atoms with E-state index < -0.39 is 10.0 Å². The summed E-state index contributed by atoms with van der Waals surface area (Å²) in [6.45, 7) is 2.05. The smallest absolute Gasteiger partial charge is 0.246 e. The summed E-state index contributed by atoms with van der Waals surface area (Å²) in [5.41, 5.74) is 0.440. The summed E-state index contributed by atoms with van der Waals surface area (Å²) in [5.74, 6) is 0.766. The fraction of sp³-hybridized carbons (Fsp3) is 0.562. The third-order valence-corrected chi connectivity index (χ3v) is 5.87.